The molecule has 0 bridgehead atoms. The Labute approximate surface area is 117 Å². The number of rotatable bonds is 9. The van der Waals surface area contributed by atoms with Gasteiger partial charge in [-0.1, -0.05) is 0 Å². The van der Waals surface area contributed by atoms with Crippen molar-refractivity contribution in [3.8, 4) is 5.75 Å². The van der Waals surface area contributed by atoms with Gasteiger partial charge in [0.05, 0.1) is 17.9 Å². The normalized spacial score (nSPS) is 12.6. The molecule has 1 rings (SSSR count). The predicted molar refractivity (Wildman–Crippen MR) is 75.9 cm³/mol. The summed E-state index contributed by atoms with van der Waals surface area (Å²) in [5.41, 5.74) is 0. The molecule has 0 radical (unpaired) electrons. The molecule has 4 nitrogen and oxygen atoms in total. The van der Waals surface area contributed by atoms with E-state index in [-0.39, 0.29) is 6.29 Å². The van der Waals surface area contributed by atoms with E-state index in [4.69, 9.17) is 14.2 Å². The van der Waals surface area contributed by atoms with E-state index in [1.807, 2.05) is 38.1 Å². The fraction of sp³-hybridized carbons (Fsp3) is 0.571. The minimum Gasteiger partial charge on any atom is -0.497 e. The Balaban J connectivity index is 2.48. The van der Waals surface area contributed by atoms with Crippen molar-refractivity contribution in [2.45, 2.75) is 31.5 Å². The van der Waals surface area contributed by atoms with Gasteiger partial charge in [0.2, 0.25) is 0 Å². The smallest absolute Gasteiger partial charge is 0.158 e. The second kappa shape index (κ2) is 9.07. The molecule has 0 amide bonds. The van der Waals surface area contributed by atoms with Crippen molar-refractivity contribution < 1.29 is 18.4 Å². The Kier molecular flexibility index (Phi) is 7.70. The van der Waals surface area contributed by atoms with E-state index in [1.165, 1.54) is 0 Å². The molecule has 0 aromatic heterocycles. The van der Waals surface area contributed by atoms with Gasteiger partial charge in [-0.2, -0.15) is 0 Å². The Morgan fingerprint density at radius 1 is 1.11 bits per heavy atom. The maximum absolute atomic E-state index is 12.1. The van der Waals surface area contributed by atoms with Crippen LogP contribution in [0.5, 0.6) is 5.75 Å². The second-order valence-electron chi connectivity index (χ2n) is 3.85. The molecule has 1 aromatic rings. The summed E-state index contributed by atoms with van der Waals surface area (Å²) in [4.78, 5) is 0.799. The summed E-state index contributed by atoms with van der Waals surface area (Å²) in [5, 5.41) is 0. The van der Waals surface area contributed by atoms with Gasteiger partial charge >= 0.3 is 0 Å². The van der Waals surface area contributed by atoms with Gasteiger partial charge in [-0.15, -0.1) is 0 Å². The molecule has 0 aliphatic rings. The van der Waals surface area contributed by atoms with E-state index in [9.17, 15) is 4.21 Å². The van der Waals surface area contributed by atoms with E-state index in [0.29, 0.717) is 25.4 Å². The molecule has 1 unspecified atom stereocenters. The molecular formula is C14H22O4S. The van der Waals surface area contributed by atoms with Gasteiger partial charge in [0.1, 0.15) is 5.75 Å². The molecule has 108 valence electrons. The molecule has 0 spiro atoms. The third-order valence-corrected chi connectivity index (χ3v) is 3.97. The first-order valence-electron chi connectivity index (χ1n) is 6.46. The number of ether oxygens (including phenoxy) is 3. The van der Waals surface area contributed by atoms with E-state index < -0.39 is 10.8 Å². The van der Waals surface area contributed by atoms with Crippen LogP contribution in [0.3, 0.4) is 0 Å². The SMILES string of the molecule is CCOC(CCS(=O)c1ccc(OC)cc1)OCC. The molecule has 0 aliphatic carbocycles. The molecule has 0 saturated heterocycles. The molecule has 5 heteroatoms. The van der Waals surface area contributed by atoms with Crippen molar-refractivity contribution in [1.82, 2.24) is 0 Å². The summed E-state index contributed by atoms with van der Waals surface area (Å²) >= 11 is 0. The lowest BCUT2D eigenvalue weighted by atomic mass is 10.3. The summed E-state index contributed by atoms with van der Waals surface area (Å²) in [6.45, 7) is 5.04. The predicted octanol–water partition coefficient (Wildman–Crippen LogP) is 2.59. The van der Waals surface area contributed by atoms with Crippen LogP contribution >= 0.6 is 0 Å². The first-order chi connectivity index (χ1) is 9.21. The molecule has 0 N–H and O–H groups in total. The molecule has 19 heavy (non-hydrogen) atoms. The first kappa shape index (κ1) is 16.1. The Morgan fingerprint density at radius 2 is 1.68 bits per heavy atom. The van der Waals surface area contributed by atoms with Crippen LogP contribution in [0.15, 0.2) is 29.2 Å². The van der Waals surface area contributed by atoms with Gasteiger partial charge < -0.3 is 14.2 Å². The highest BCUT2D eigenvalue weighted by atomic mass is 32.2. The lowest BCUT2D eigenvalue weighted by Crippen LogP contribution is -2.20. The van der Waals surface area contributed by atoms with Gasteiger partial charge in [0, 0.05) is 30.3 Å². The third kappa shape index (κ3) is 5.72. The molecule has 1 aromatic carbocycles. The summed E-state index contributed by atoms with van der Waals surface area (Å²) < 4.78 is 28.0. The zero-order chi connectivity index (χ0) is 14.1. The van der Waals surface area contributed by atoms with Crippen LogP contribution in [-0.4, -0.2) is 36.6 Å². The average molecular weight is 286 g/mol. The summed E-state index contributed by atoms with van der Waals surface area (Å²) in [7, 11) is 0.575. The lowest BCUT2D eigenvalue weighted by Gasteiger charge is -2.16. The average Bonchev–Trinajstić information content (AvgIpc) is 2.45. The van der Waals surface area contributed by atoms with Crippen LogP contribution in [0.1, 0.15) is 20.3 Å². The monoisotopic (exact) mass is 286 g/mol. The molecule has 1 atom stereocenters. The fourth-order valence-electron chi connectivity index (χ4n) is 1.64. The Bertz CT molecular complexity index is 372. The van der Waals surface area contributed by atoms with Crippen molar-refractivity contribution >= 4 is 10.8 Å². The van der Waals surface area contributed by atoms with Gasteiger partial charge in [-0.25, -0.2) is 0 Å². The lowest BCUT2D eigenvalue weighted by molar-refractivity contribution is -0.136. The van der Waals surface area contributed by atoms with E-state index in [2.05, 4.69) is 0 Å². The third-order valence-electron chi connectivity index (χ3n) is 2.57. The zero-order valence-electron chi connectivity index (χ0n) is 11.8. The Morgan fingerprint density at radius 3 is 2.16 bits per heavy atom. The summed E-state index contributed by atoms with van der Waals surface area (Å²) in [6.07, 6.45) is 0.359. The highest BCUT2D eigenvalue weighted by Crippen LogP contribution is 2.15. The molecule has 0 saturated carbocycles. The van der Waals surface area contributed by atoms with Crippen LogP contribution in [0.4, 0.5) is 0 Å². The van der Waals surface area contributed by atoms with Crippen molar-refractivity contribution in [2.24, 2.45) is 0 Å². The largest absolute Gasteiger partial charge is 0.497 e. The highest BCUT2D eigenvalue weighted by Gasteiger charge is 2.11. The van der Waals surface area contributed by atoms with Crippen molar-refractivity contribution in [2.75, 3.05) is 26.1 Å². The minimum absolute atomic E-state index is 0.266. The maximum atomic E-state index is 12.1. The topological polar surface area (TPSA) is 44.8 Å². The van der Waals surface area contributed by atoms with Crippen molar-refractivity contribution in [1.29, 1.82) is 0 Å². The van der Waals surface area contributed by atoms with E-state index in [0.717, 1.165) is 10.6 Å². The second-order valence-corrected chi connectivity index (χ2v) is 5.42. The van der Waals surface area contributed by atoms with Crippen LogP contribution in [-0.2, 0) is 20.3 Å². The fourth-order valence-corrected chi connectivity index (χ4v) is 2.72. The molecule has 0 aliphatic heterocycles. The number of hydrogen-bond acceptors (Lipinski definition) is 4. The van der Waals surface area contributed by atoms with Crippen molar-refractivity contribution in [3.05, 3.63) is 24.3 Å². The first-order valence-corrected chi connectivity index (χ1v) is 7.78. The standard InChI is InChI=1S/C14H22O4S/c1-4-17-14(18-5-2)10-11-19(15)13-8-6-12(16-3)7-9-13/h6-9,14H,4-5,10-11H2,1-3H3. The maximum Gasteiger partial charge on any atom is 0.158 e. The van der Waals surface area contributed by atoms with Crippen molar-refractivity contribution in [3.63, 3.8) is 0 Å². The molecule has 0 fully saturated rings. The van der Waals surface area contributed by atoms with Gasteiger partial charge in [0.25, 0.3) is 0 Å². The van der Waals surface area contributed by atoms with Crippen LogP contribution < -0.4 is 4.74 Å². The summed E-state index contributed by atoms with van der Waals surface area (Å²) in [6, 6.07) is 7.28. The van der Waals surface area contributed by atoms with Gasteiger partial charge in [0.15, 0.2) is 6.29 Å². The number of benzene rings is 1. The van der Waals surface area contributed by atoms with Crippen LogP contribution in [0, 0.1) is 0 Å². The molecule has 0 heterocycles. The quantitative estimate of drug-likeness (QED) is 0.655. The summed E-state index contributed by atoms with van der Waals surface area (Å²) in [5.74, 6) is 1.29. The van der Waals surface area contributed by atoms with Crippen LogP contribution in [0.25, 0.3) is 0 Å². The van der Waals surface area contributed by atoms with Gasteiger partial charge in [-0.3, -0.25) is 4.21 Å². The molecular weight excluding hydrogens is 264 g/mol. The Hall–Kier alpha value is -0.910. The van der Waals surface area contributed by atoms with Gasteiger partial charge in [-0.05, 0) is 38.1 Å². The number of methoxy groups -OCH3 is 1. The van der Waals surface area contributed by atoms with E-state index >= 15 is 0 Å². The highest BCUT2D eigenvalue weighted by molar-refractivity contribution is 7.85. The number of hydrogen-bond donors (Lipinski definition) is 0. The zero-order valence-corrected chi connectivity index (χ0v) is 12.6. The minimum atomic E-state index is -1.04. The van der Waals surface area contributed by atoms with Crippen LogP contribution in [0.2, 0.25) is 0 Å². The van der Waals surface area contributed by atoms with E-state index in [1.54, 1.807) is 7.11 Å².